The van der Waals surface area contributed by atoms with Crippen LogP contribution in [-0.2, 0) is 17.6 Å². The minimum Gasteiger partial charge on any atom is -0.475 e. The number of carboxylic acids is 1. The molecule has 1 aliphatic carbocycles. The number of carboxylic acid groups (broad SMARTS) is 1. The zero-order valence-electron chi connectivity index (χ0n) is 19.7. The highest BCUT2D eigenvalue weighted by Crippen LogP contribution is 2.33. The Morgan fingerprint density at radius 2 is 1.74 bits per heavy atom. The van der Waals surface area contributed by atoms with Crippen LogP contribution in [0.4, 0.5) is 22.0 Å². The van der Waals surface area contributed by atoms with E-state index >= 15 is 0 Å². The molecule has 1 fully saturated rings. The molecule has 1 unspecified atom stereocenters. The van der Waals surface area contributed by atoms with Crippen LogP contribution in [-0.4, -0.2) is 73.2 Å². The first kappa shape index (κ1) is 26.9. The van der Waals surface area contributed by atoms with Crippen molar-refractivity contribution in [2.45, 2.75) is 43.9 Å². The maximum atomic E-state index is 14.7. The number of rotatable bonds is 4. The van der Waals surface area contributed by atoms with Gasteiger partial charge in [-0.3, -0.25) is 4.79 Å². The molecule has 0 bridgehead atoms. The number of fused-ring (bicyclic) bond motifs is 1. The normalized spacial score (nSPS) is 18.2. The highest BCUT2D eigenvalue weighted by Gasteiger charge is 2.47. The number of hydrogen-bond acceptors (Lipinski definition) is 6. The molecule has 1 amide bonds. The maximum absolute atomic E-state index is 14.7. The molecule has 9 nitrogen and oxygen atoms in total. The van der Waals surface area contributed by atoms with Crippen LogP contribution in [0.5, 0.6) is 5.88 Å². The molecule has 14 heteroatoms. The first-order valence-corrected chi connectivity index (χ1v) is 11.5. The van der Waals surface area contributed by atoms with Crippen LogP contribution in [0.15, 0.2) is 48.8 Å². The van der Waals surface area contributed by atoms with Crippen LogP contribution >= 0.6 is 0 Å². The summed E-state index contributed by atoms with van der Waals surface area (Å²) in [6, 6.07) is 10.4. The van der Waals surface area contributed by atoms with E-state index in [0.29, 0.717) is 11.3 Å². The minimum absolute atomic E-state index is 0.0653. The predicted molar refractivity (Wildman–Crippen MR) is 121 cm³/mol. The number of alkyl halides is 5. The second-order valence-corrected chi connectivity index (χ2v) is 8.62. The number of carbonyl (C=O) groups excluding carboxylic acids is 1. The van der Waals surface area contributed by atoms with E-state index in [2.05, 4.69) is 15.2 Å². The lowest BCUT2D eigenvalue weighted by Crippen LogP contribution is -2.55. The van der Waals surface area contributed by atoms with Crippen LogP contribution in [0.25, 0.3) is 5.69 Å². The van der Waals surface area contributed by atoms with Crippen molar-refractivity contribution in [3.05, 3.63) is 65.6 Å². The first-order chi connectivity index (χ1) is 18.0. The Morgan fingerprint density at radius 1 is 1.05 bits per heavy atom. The van der Waals surface area contributed by atoms with Crippen molar-refractivity contribution >= 4 is 11.9 Å². The molecule has 0 spiro atoms. The van der Waals surface area contributed by atoms with Gasteiger partial charge in [0.15, 0.2) is 6.10 Å². The summed E-state index contributed by atoms with van der Waals surface area (Å²) in [5.41, 5.74) is 2.89. The van der Waals surface area contributed by atoms with Crippen molar-refractivity contribution in [3.63, 3.8) is 0 Å². The molecule has 0 radical (unpaired) electrons. The Labute approximate surface area is 212 Å². The largest absolute Gasteiger partial charge is 0.490 e. The van der Waals surface area contributed by atoms with Gasteiger partial charge < -0.3 is 14.7 Å². The number of piperidine rings is 1. The maximum Gasteiger partial charge on any atom is 0.490 e. The molecular formula is C24H22F5N5O4. The summed E-state index contributed by atoms with van der Waals surface area (Å²) in [5, 5.41) is 15.3. The van der Waals surface area contributed by atoms with Crippen LogP contribution < -0.4 is 4.74 Å². The molecule has 1 saturated heterocycles. The molecule has 1 atom stereocenters. The van der Waals surface area contributed by atoms with Gasteiger partial charge in [0.05, 0.1) is 30.2 Å². The summed E-state index contributed by atoms with van der Waals surface area (Å²) < 4.78 is 66.7. The average molecular weight is 539 g/mol. The zero-order chi connectivity index (χ0) is 27.5. The summed E-state index contributed by atoms with van der Waals surface area (Å²) in [5.74, 6) is -5.99. The lowest BCUT2D eigenvalue weighted by atomic mass is 10.0. The Morgan fingerprint density at radius 3 is 2.42 bits per heavy atom. The Kier molecular flexibility index (Phi) is 7.60. The highest BCUT2D eigenvalue weighted by atomic mass is 19.4. The van der Waals surface area contributed by atoms with Gasteiger partial charge in [-0.2, -0.15) is 28.2 Å². The standard InChI is InChI=1S/C22H21F2N5O2.C2HF3O2/c23-22(24)10-13-28(14-19(22)31-20-9-8-15-4-3-6-17(15)27-20)21(30)16-5-1-2-7-18(16)29-25-11-12-26-29;3-2(4,5)1(6)7/h1-2,5,7-9,11-12,19H,3-4,6,10,13-14H2;(H,6,7). The fourth-order valence-corrected chi connectivity index (χ4v) is 4.13. The number of benzene rings is 1. The van der Waals surface area contributed by atoms with Crippen molar-refractivity contribution in [2.24, 2.45) is 0 Å². The molecule has 1 aliphatic heterocycles. The molecule has 5 rings (SSSR count). The van der Waals surface area contributed by atoms with E-state index in [1.807, 2.05) is 6.07 Å². The van der Waals surface area contributed by atoms with E-state index in [9.17, 15) is 26.7 Å². The van der Waals surface area contributed by atoms with E-state index in [4.69, 9.17) is 14.6 Å². The number of pyridine rings is 1. The molecule has 0 saturated carbocycles. The topological polar surface area (TPSA) is 110 Å². The fourth-order valence-electron chi connectivity index (χ4n) is 4.13. The van der Waals surface area contributed by atoms with Gasteiger partial charge in [-0.05, 0) is 37.0 Å². The number of halogens is 5. The second-order valence-electron chi connectivity index (χ2n) is 8.62. The van der Waals surface area contributed by atoms with Gasteiger partial charge in [0.25, 0.3) is 11.8 Å². The second kappa shape index (κ2) is 10.7. The molecule has 38 heavy (non-hydrogen) atoms. The molecule has 3 heterocycles. The number of carbonyl (C=O) groups is 2. The van der Waals surface area contributed by atoms with E-state index in [-0.39, 0.29) is 24.9 Å². The lowest BCUT2D eigenvalue weighted by Gasteiger charge is -2.38. The molecule has 202 valence electrons. The summed E-state index contributed by atoms with van der Waals surface area (Å²) in [7, 11) is 0. The van der Waals surface area contributed by atoms with Crippen LogP contribution in [0.3, 0.4) is 0 Å². The van der Waals surface area contributed by atoms with E-state index in [1.54, 1.807) is 30.3 Å². The molecule has 3 aromatic rings. The molecule has 2 aliphatic rings. The van der Waals surface area contributed by atoms with Gasteiger partial charge in [0.1, 0.15) is 0 Å². The number of aliphatic carboxylic acids is 1. The Bertz CT molecular complexity index is 1300. The molecular weight excluding hydrogens is 517 g/mol. The first-order valence-electron chi connectivity index (χ1n) is 11.5. The van der Waals surface area contributed by atoms with Gasteiger partial charge in [-0.1, -0.05) is 18.2 Å². The van der Waals surface area contributed by atoms with Crippen LogP contribution in [0.1, 0.15) is 34.5 Å². The highest BCUT2D eigenvalue weighted by molar-refractivity contribution is 5.97. The van der Waals surface area contributed by atoms with E-state index in [1.165, 1.54) is 22.1 Å². The van der Waals surface area contributed by atoms with Crippen molar-refractivity contribution in [3.8, 4) is 11.6 Å². The van der Waals surface area contributed by atoms with Gasteiger partial charge in [-0.15, -0.1) is 0 Å². The Balaban J connectivity index is 0.000000426. The predicted octanol–water partition coefficient (Wildman–Crippen LogP) is 3.71. The van der Waals surface area contributed by atoms with Gasteiger partial charge >= 0.3 is 12.1 Å². The van der Waals surface area contributed by atoms with Gasteiger partial charge in [0.2, 0.25) is 5.88 Å². The Hall–Kier alpha value is -4.10. The number of amides is 1. The number of aryl methyl sites for hydroxylation is 2. The number of likely N-dealkylation sites (tertiary alicyclic amines) is 1. The number of nitrogens with zero attached hydrogens (tertiary/aromatic N) is 5. The molecule has 1 N–H and O–H groups in total. The summed E-state index contributed by atoms with van der Waals surface area (Å²) >= 11 is 0. The fraction of sp³-hybridized carbons (Fsp3) is 0.375. The van der Waals surface area contributed by atoms with E-state index < -0.39 is 30.6 Å². The number of ether oxygens (including phenoxy) is 1. The SMILES string of the molecule is O=C(O)C(F)(F)F.O=C(c1ccccc1-n1nccn1)N1CCC(F)(F)C(Oc2ccc3c(n2)CCC3)C1. The molecule has 2 aromatic heterocycles. The number of hydrogen-bond donors (Lipinski definition) is 1. The van der Waals surface area contributed by atoms with Crippen molar-refractivity contribution in [1.82, 2.24) is 24.9 Å². The average Bonchev–Trinajstić information content (AvgIpc) is 3.57. The van der Waals surface area contributed by atoms with Crippen molar-refractivity contribution < 1.29 is 41.4 Å². The van der Waals surface area contributed by atoms with Crippen molar-refractivity contribution in [1.29, 1.82) is 0 Å². The van der Waals surface area contributed by atoms with Crippen molar-refractivity contribution in [2.75, 3.05) is 13.1 Å². The third-order valence-electron chi connectivity index (χ3n) is 6.04. The lowest BCUT2D eigenvalue weighted by molar-refractivity contribution is -0.192. The summed E-state index contributed by atoms with van der Waals surface area (Å²) in [6.07, 6.45) is -1.21. The van der Waals surface area contributed by atoms with Crippen LogP contribution in [0.2, 0.25) is 0 Å². The monoisotopic (exact) mass is 539 g/mol. The van der Waals surface area contributed by atoms with E-state index in [0.717, 1.165) is 30.5 Å². The quantitative estimate of drug-likeness (QED) is 0.504. The third-order valence-corrected chi connectivity index (χ3v) is 6.04. The van der Waals surface area contributed by atoms with Crippen LogP contribution in [0, 0.1) is 0 Å². The summed E-state index contributed by atoms with van der Waals surface area (Å²) in [6.45, 7) is -0.296. The van der Waals surface area contributed by atoms with Gasteiger partial charge in [0, 0.05) is 24.7 Å². The minimum atomic E-state index is -5.08. The number of para-hydroxylation sites is 1. The zero-order valence-corrected chi connectivity index (χ0v) is 19.7. The van der Waals surface area contributed by atoms with Gasteiger partial charge in [-0.25, -0.2) is 18.6 Å². The summed E-state index contributed by atoms with van der Waals surface area (Å²) in [4.78, 5) is 29.3. The number of aromatic nitrogens is 4. The molecule has 1 aromatic carbocycles. The smallest absolute Gasteiger partial charge is 0.475 e. The third kappa shape index (κ3) is 6.06.